The average molecular weight is 1010 g/mol. The van der Waals surface area contributed by atoms with Crippen molar-refractivity contribution in [2.75, 3.05) is 4.90 Å². The Morgan fingerprint density at radius 1 is 0.177 bits per heavy atom. The van der Waals surface area contributed by atoms with Crippen LogP contribution in [-0.2, 0) is 0 Å². The first kappa shape index (κ1) is 43.6. The van der Waals surface area contributed by atoms with Gasteiger partial charge in [0.15, 0.2) is 0 Å². The Morgan fingerprint density at radius 2 is 0.494 bits per heavy atom. The van der Waals surface area contributed by atoms with Crippen molar-refractivity contribution in [2.45, 2.75) is 0 Å². The molecule has 5 nitrogen and oxygen atoms in total. The molecule has 0 N–H and O–H groups in total. The van der Waals surface area contributed by atoms with Crippen LogP contribution in [-0.4, -0.2) is 18.3 Å². The Labute approximate surface area is 454 Å². The maximum Gasteiger partial charge on any atom is 0.0562 e. The predicted octanol–water partition coefficient (Wildman–Crippen LogP) is 19.9. The summed E-state index contributed by atoms with van der Waals surface area (Å²) in [7, 11) is 0. The van der Waals surface area contributed by atoms with Gasteiger partial charge in [0.25, 0.3) is 0 Å². The fourth-order valence-electron chi connectivity index (χ4n) is 13.2. The first-order valence-corrected chi connectivity index (χ1v) is 27.2. The van der Waals surface area contributed by atoms with Gasteiger partial charge in [-0.05, 0) is 137 Å². The standard InChI is InChI=1S/C74H47N5/c1-3-23-52(24-4-1)76-67-31-15-11-27-59(67)63-44-65-61-29-13-17-33-69(61)78(73(65)46-71(63)76)57-41-56(75(54-37-35-48-19-7-9-21-50(48)39-54)55-38-36-49-20-8-10-22-51(49)40-55)42-58(43-57)79-70-34-18-14-30-62(70)66-45-64-60-28-12-16-32-68(60)77(72(64)47-74(66)79)53-25-5-2-6-26-53/h1-47H. The second kappa shape index (κ2) is 16.9. The zero-order valence-electron chi connectivity index (χ0n) is 42.9. The molecule has 17 aromatic rings. The minimum absolute atomic E-state index is 1.04. The molecule has 0 amide bonds. The van der Waals surface area contributed by atoms with Crippen LogP contribution in [0.4, 0.5) is 17.1 Å². The summed E-state index contributed by atoms with van der Waals surface area (Å²) in [6.07, 6.45) is 0. The van der Waals surface area contributed by atoms with E-state index in [-0.39, 0.29) is 0 Å². The highest BCUT2D eigenvalue weighted by atomic mass is 15.2. The average Bonchev–Trinajstić information content (AvgIpc) is 3.69. The third kappa shape index (κ3) is 6.57. The zero-order valence-corrected chi connectivity index (χ0v) is 42.9. The topological polar surface area (TPSA) is 23.0 Å². The second-order valence-electron chi connectivity index (χ2n) is 21.0. The highest BCUT2D eigenvalue weighted by Crippen LogP contribution is 2.46. The van der Waals surface area contributed by atoms with Gasteiger partial charge in [-0.2, -0.15) is 0 Å². The fraction of sp³-hybridized carbons (Fsp3) is 0. The summed E-state index contributed by atoms with van der Waals surface area (Å²) in [5.74, 6) is 0. The van der Waals surface area contributed by atoms with Gasteiger partial charge in [-0.25, -0.2) is 0 Å². The molecule has 0 spiro atoms. The lowest BCUT2D eigenvalue weighted by Gasteiger charge is -2.28. The highest BCUT2D eigenvalue weighted by molar-refractivity contribution is 6.21. The van der Waals surface area contributed by atoms with Crippen molar-refractivity contribution in [1.82, 2.24) is 18.3 Å². The lowest BCUT2D eigenvalue weighted by molar-refractivity contribution is 1.12. The minimum atomic E-state index is 1.04. The van der Waals surface area contributed by atoms with Gasteiger partial charge in [0.2, 0.25) is 0 Å². The van der Waals surface area contributed by atoms with E-state index >= 15 is 0 Å². The van der Waals surface area contributed by atoms with Crippen molar-refractivity contribution in [2.24, 2.45) is 0 Å². The van der Waals surface area contributed by atoms with Crippen molar-refractivity contribution in [3.8, 4) is 22.7 Å². The number of benzene rings is 13. The normalized spacial score (nSPS) is 12.1. The molecule has 0 radical (unpaired) electrons. The molecule has 0 saturated carbocycles. The van der Waals surface area contributed by atoms with Crippen LogP contribution in [0.25, 0.3) is 132 Å². The first-order chi connectivity index (χ1) is 39.2. The lowest BCUT2D eigenvalue weighted by atomic mass is 10.1. The minimum Gasteiger partial charge on any atom is -0.310 e. The summed E-state index contributed by atoms with van der Waals surface area (Å²) in [5, 5.41) is 14.5. The van der Waals surface area contributed by atoms with Gasteiger partial charge in [0.1, 0.15) is 0 Å². The van der Waals surface area contributed by atoms with Gasteiger partial charge < -0.3 is 23.2 Å². The number of hydrogen-bond acceptors (Lipinski definition) is 1. The molecular formula is C74H47N5. The second-order valence-corrected chi connectivity index (χ2v) is 21.0. The Balaban J connectivity index is 1.02. The van der Waals surface area contributed by atoms with Crippen molar-refractivity contribution < 1.29 is 0 Å². The van der Waals surface area contributed by atoms with Crippen molar-refractivity contribution in [3.63, 3.8) is 0 Å². The Bertz CT molecular complexity index is 5000. The van der Waals surface area contributed by atoms with E-state index in [4.69, 9.17) is 0 Å². The third-order valence-corrected chi connectivity index (χ3v) is 16.6. The maximum atomic E-state index is 2.52. The van der Waals surface area contributed by atoms with Gasteiger partial charge >= 0.3 is 0 Å². The summed E-state index contributed by atoms with van der Waals surface area (Å²) in [6, 6.07) is 105. The zero-order chi connectivity index (χ0) is 51.7. The van der Waals surface area contributed by atoms with Gasteiger partial charge in [-0.3, -0.25) is 0 Å². The van der Waals surface area contributed by atoms with E-state index in [1.165, 1.54) is 75.7 Å². The lowest BCUT2D eigenvalue weighted by Crippen LogP contribution is -2.12. The Morgan fingerprint density at radius 3 is 0.873 bits per heavy atom. The first-order valence-electron chi connectivity index (χ1n) is 27.2. The molecule has 0 unspecified atom stereocenters. The van der Waals surface area contributed by atoms with Gasteiger partial charge in [-0.15, -0.1) is 0 Å². The molecule has 13 aromatic carbocycles. The van der Waals surface area contributed by atoms with Crippen LogP contribution in [0.15, 0.2) is 285 Å². The highest BCUT2D eigenvalue weighted by Gasteiger charge is 2.24. The van der Waals surface area contributed by atoms with E-state index in [2.05, 4.69) is 308 Å². The van der Waals surface area contributed by atoms with Crippen LogP contribution < -0.4 is 4.90 Å². The van der Waals surface area contributed by atoms with Gasteiger partial charge in [0, 0.05) is 65.8 Å². The summed E-state index contributed by atoms with van der Waals surface area (Å²) in [5.41, 5.74) is 16.8. The van der Waals surface area contributed by atoms with Crippen LogP contribution >= 0.6 is 0 Å². The number of aromatic nitrogens is 4. The van der Waals surface area contributed by atoms with Crippen LogP contribution in [0.3, 0.4) is 0 Å². The molecule has 4 heterocycles. The fourth-order valence-corrected chi connectivity index (χ4v) is 13.2. The summed E-state index contributed by atoms with van der Waals surface area (Å²) in [4.78, 5) is 2.46. The van der Waals surface area contributed by atoms with Crippen LogP contribution in [0, 0.1) is 0 Å². The number of rotatable bonds is 7. The van der Waals surface area contributed by atoms with Gasteiger partial charge in [0.05, 0.1) is 61.2 Å². The molecule has 0 fully saturated rings. The van der Waals surface area contributed by atoms with E-state index < -0.39 is 0 Å². The molecule has 368 valence electrons. The molecule has 0 aliphatic rings. The Kier molecular flexibility index (Phi) is 9.35. The largest absolute Gasteiger partial charge is 0.310 e. The molecule has 5 heteroatoms. The number of anilines is 3. The number of fused-ring (bicyclic) bond motifs is 14. The van der Waals surface area contributed by atoms with E-state index in [9.17, 15) is 0 Å². The summed E-state index contributed by atoms with van der Waals surface area (Å²) < 4.78 is 9.90. The number of nitrogens with zero attached hydrogens (tertiary/aromatic N) is 5. The summed E-state index contributed by atoms with van der Waals surface area (Å²) >= 11 is 0. The molecule has 79 heavy (non-hydrogen) atoms. The maximum absolute atomic E-state index is 2.52. The van der Waals surface area contributed by atoms with E-state index in [0.29, 0.717) is 0 Å². The number of hydrogen-bond donors (Lipinski definition) is 0. The van der Waals surface area contributed by atoms with Crippen molar-refractivity contribution in [1.29, 1.82) is 0 Å². The van der Waals surface area contributed by atoms with Crippen molar-refractivity contribution in [3.05, 3.63) is 285 Å². The van der Waals surface area contributed by atoms with Crippen LogP contribution in [0.2, 0.25) is 0 Å². The molecule has 0 aliphatic carbocycles. The Hall–Kier alpha value is -10.6. The molecular weight excluding hydrogens is 959 g/mol. The third-order valence-electron chi connectivity index (χ3n) is 16.6. The van der Waals surface area contributed by atoms with E-state index in [0.717, 1.165) is 72.9 Å². The number of para-hydroxylation sites is 6. The quantitative estimate of drug-likeness (QED) is 0.156. The SMILES string of the molecule is c1ccc(-n2c3ccccc3c3cc4c5ccccc5n(-c5cc(N(c6ccc7ccccc7c6)c6ccc7ccccc7c6)cc(-n6c7ccccc7c7cc8c9ccccc9n(-c9ccccc9)c8cc76)c5)c4cc32)cc1. The molecule has 0 bridgehead atoms. The molecule has 17 rings (SSSR count). The smallest absolute Gasteiger partial charge is 0.0562 e. The monoisotopic (exact) mass is 1010 g/mol. The molecule has 4 aromatic heterocycles. The van der Waals surface area contributed by atoms with Crippen molar-refractivity contribution >= 4 is 126 Å². The van der Waals surface area contributed by atoms with Crippen LogP contribution in [0.5, 0.6) is 0 Å². The summed E-state index contributed by atoms with van der Waals surface area (Å²) in [6.45, 7) is 0. The van der Waals surface area contributed by atoms with Crippen LogP contribution in [0.1, 0.15) is 0 Å². The van der Waals surface area contributed by atoms with E-state index in [1.807, 2.05) is 0 Å². The predicted molar refractivity (Wildman–Crippen MR) is 333 cm³/mol. The molecule has 0 atom stereocenters. The van der Waals surface area contributed by atoms with E-state index in [1.54, 1.807) is 0 Å². The van der Waals surface area contributed by atoms with Gasteiger partial charge in [-0.1, -0.05) is 170 Å². The molecule has 0 aliphatic heterocycles. The molecule has 0 saturated heterocycles.